The fraction of sp³-hybridized carbons (Fsp3) is 0.0625. The summed E-state index contributed by atoms with van der Waals surface area (Å²) in [5, 5.41) is 6.44. The summed E-state index contributed by atoms with van der Waals surface area (Å²) in [4.78, 5) is 0. The average Bonchev–Trinajstić information content (AvgIpc) is 2.48. The number of nitrogens with one attached hydrogen (secondary N) is 1. The minimum absolute atomic E-state index is 0.959. The second-order valence-corrected chi connectivity index (χ2v) is 4.44. The molecule has 3 nitrogen and oxygen atoms in total. The Morgan fingerprint density at radius 3 is 2.21 bits per heavy atom. The van der Waals surface area contributed by atoms with Crippen LogP contribution in [0.2, 0.25) is 0 Å². The molecule has 0 amide bonds. The average molecular weight is 249 g/mol. The lowest BCUT2D eigenvalue weighted by Crippen LogP contribution is -2.36. The van der Waals surface area contributed by atoms with Crippen LogP contribution in [0.3, 0.4) is 0 Å². The molecule has 0 radical (unpaired) electrons. The molecule has 3 heteroatoms. The van der Waals surface area contributed by atoms with E-state index >= 15 is 0 Å². The fourth-order valence-corrected chi connectivity index (χ4v) is 2.01. The van der Waals surface area contributed by atoms with Crippen LogP contribution in [0, 0.1) is 0 Å². The molecular formula is C16H15N3. The third-order valence-electron chi connectivity index (χ3n) is 2.91. The lowest BCUT2D eigenvalue weighted by Gasteiger charge is -2.26. The molecule has 0 aromatic heterocycles. The third-order valence-corrected chi connectivity index (χ3v) is 2.91. The number of allylic oxidation sites excluding steroid dienone is 2. The predicted octanol–water partition coefficient (Wildman–Crippen LogP) is 3.32. The van der Waals surface area contributed by atoms with Gasteiger partial charge in [0.1, 0.15) is 0 Å². The Balaban J connectivity index is 1.98. The zero-order valence-electron chi connectivity index (χ0n) is 10.7. The predicted molar refractivity (Wildman–Crippen MR) is 78.8 cm³/mol. The number of hydrazone groups is 1. The lowest BCUT2D eigenvalue weighted by atomic mass is 10.1. The van der Waals surface area contributed by atoms with Crippen molar-refractivity contribution in [3.8, 4) is 0 Å². The zero-order valence-corrected chi connectivity index (χ0v) is 10.7. The molecule has 2 aromatic carbocycles. The molecule has 0 fully saturated rings. The van der Waals surface area contributed by atoms with E-state index in [1.165, 1.54) is 0 Å². The van der Waals surface area contributed by atoms with E-state index in [2.05, 4.69) is 28.7 Å². The molecule has 1 aliphatic heterocycles. The van der Waals surface area contributed by atoms with Crippen LogP contribution in [-0.4, -0.2) is 5.71 Å². The smallest absolute Gasteiger partial charge is 0.0946 e. The minimum atomic E-state index is 0.959. The zero-order chi connectivity index (χ0) is 13.1. The molecule has 2 aromatic rings. The maximum atomic E-state index is 4.64. The van der Waals surface area contributed by atoms with Crippen LogP contribution in [0.1, 0.15) is 12.5 Å². The first-order valence-electron chi connectivity index (χ1n) is 6.27. The maximum Gasteiger partial charge on any atom is 0.0946 e. The van der Waals surface area contributed by atoms with Crippen LogP contribution < -0.4 is 10.5 Å². The van der Waals surface area contributed by atoms with Gasteiger partial charge in [0.05, 0.1) is 11.4 Å². The molecule has 3 rings (SSSR count). The molecule has 0 aliphatic carbocycles. The van der Waals surface area contributed by atoms with Crippen molar-refractivity contribution >= 4 is 11.4 Å². The number of benzene rings is 2. The highest BCUT2D eigenvalue weighted by molar-refractivity contribution is 6.09. The van der Waals surface area contributed by atoms with Crippen molar-refractivity contribution in [2.45, 2.75) is 6.92 Å². The summed E-state index contributed by atoms with van der Waals surface area (Å²) in [6.45, 7) is 2.04. The summed E-state index contributed by atoms with van der Waals surface area (Å²) >= 11 is 0. The molecule has 0 bridgehead atoms. The van der Waals surface area contributed by atoms with Crippen LogP contribution in [0.25, 0.3) is 0 Å². The van der Waals surface area contributed by atoms with Gasteiger partial charge in [-0.3, -0.25) is 5.43 Å². The van der Waals surface area contributed by atoms with Crippen molar-refractivity contribution < 1.29 is 0 Å². The highest BCUT2D eigenvalue weighted by Crippen LogP contribution is 2.17. The first-order valence-corrected chi connectivity index (χ1v) is 6.27. The van der Waals surface area contributed by atoms with E-state index in [0.717, 1.165) is 22.7 Å². The van der Waals surface area contributed by atoms with Crippen LogP contribution in [0.5, 0.6) is 0 Å². The fourth-order valence-electron chi connectivity index (χ4n) is 2.01. The number of hydrogen-bond acceptors (Lipinski definition) is 3. The van der Waals surface area contributed by atoms with Gasteiger partial charge >= 0.3 is 0 Å². The van der Waals surface area contributed by atoms with Crippen molar-refractivity contribution in [1.82, 2.24) is 5.43 Å². The van der Waals surface area contributed by atoms with Crippen LogP contribution in [-0.2, 0) is 0 Å². The highest BCUT2D eigenvalue weighted by Gasteiger charge is 2.12. The van der Waals surface area contributed by atoms with Gasteiger partial charge in [-0.15, -0.1) is 0 Å². The standard InChI is InChI=1S/C16H15N3/c1-13-12-16(14-8-4-2-5-9-14)18-19(17-13)15-10-6-3-7-11-15/h2-12,17H,1H3. The summed E-state index contributed by atoms with van der Waals surface area (Å²) in [6, 6.07) is 20.2. The topological polar surface area (TPSA) is 27.6 Å². The molecule has 0 saturated carbocycles. The van der Waals surface area contributed by atoms with Crippen molar-refractivity contribution in [1.29, 1.82) is 0 Å². The van der Waals surface area contributed by atoms with E-state index in [1.54, 1.807) is 5.12 Å². The molecule has 0 saturated heterocycles. The largest absolute Gasteiger partial charge is 0.282 e. The van der Waals surface area contributed by atoms with E-state index in [-0.39, 0.29) is 0 Å². The first kappa shape index (κ1) is 11.5. The normalized spacial score (nSPS) is 14.5. The molecular weight excluding hydrogens is 234 g/mol. The van der Waals surface area contributed by atoms with E-state index in [9.17, 15) is 0 Å². The number of anilines is 1. The van der Waals surface area contributed by atoms with Gasteiger partial charge in [0, 0.05) is 11.3 Å². The Bertz CT molecular complexity index is 615. The molecule has 0 unspecified atom stereocenters. The maximum absolute atomic E-state index is 4.64. The lowest BCUT2D eigenvalue weighted by molar-refractivity contribution is 0.729. The molecule has 1 aliphatic rings. The van der Waals surface area contributed by atoms with Crippen molar-refractivity contribution in [3.63, 3.8) is 0 Å². The monoisotopic (exact) mass is 249 g/mol. The Morgan fingerprint density at radius 2 is 1.53 bits per heavy atom. The van der Waals surface area contributed by atoms with Crippen LogP contribution in [0.4, 0.5) is 5.69 Å². The van der Waals surface area contributed by atoms with Gasteiger partial charge < -0.3 is 0 Å². The molecule has 1 N–H and O–H groups in total. The second kappa shape index (κ2) is 4.98. The van der Waals surface area contributed by atoms with E-state index in [0.29, 0.717) is 0 Å². The van der Waals surface area contributed by atoms with E-state index in [1.807, 2.05) is 55.5 Å². The van der Waals surface area contributed by atoms with Gasteiger partial charge in [0.15, 0.2) is 0 Å². The highest BCUT2D eigenvalue weighted by atomic mass is 15.7. The summed E-state index contributed by atoms with van der Waals surface area (Å²) in [7, 11) is 0. The number of para-hydroxylation sites is 1. The Morgan fingerprint density at radius 1 is 0.895 bits per heavy atom. The van der Waals surface area contributed by atoms with Gasteiger partial charge in [-0.2, -0.15) is 10.2 Å². The molecule has 1 heterocycles. The SMILES string of the molecule is CC1=CC(c2ccccc2)=NN(c2ccccc2)N1. The summed E-state index contributed by atoms with van der Waals surface area (Å²) in [6.07, 6.45) is 2.05. The van der Waals surface area contributed by atoms with Crippen molar-refractivity contribution in [3.05, 3.63) is 78.0 Å². The second-order valence-electron chi connectivity index (χ2n) is 4.44. The van der Waals surface area contributed by atoms with Crippen LogP contribution >= 0.6 is 0 Å². The van der Waals surface area contributed by atoms with Crippen molar-refractivity contribution in [2.24, 2.45) is 5.10 Å². The minimum Gasteiger partial charge on any atom is -0.282 e. The molecule has 0 spiro atoms. The van der Waals surface area contributed by atoms with Gasteiger partial charge in [-0.05, 0) is 25.1 Å². The van der Waals surface area contributed by atoms with Gasteiger partial charge in [0.25, 0.3) is 0 Å². The number of hydrazine groups is 1. The van der Waals surface area contributed by atoms with Crippen molar-refractivity contribution in [2.75, 3.05) is 5.12 Å². The Hall–Kier alpha value is -2.55. The van der Waals surface area contributed by atoms with Gasteiger partial charge in [-0.1, -0.05) is 48.5 Å². The third kappa shape index (κ3) is 2.50. The summed E-state index contributed by atoms with van der Waals surface area (Å²) in [5.41, 5.74) is 7.40. The molecule has 94 valence electrons. The first-order chi connectivity index (χ1) is 9.33. The van der Waals surface area contributed by atoms with E-state index in [4.69, 9.17) is 0 Å². The quantitative estimate of drug-likeness (QED) is 0.884. The summed E-state index contributed by atoms with van der Waals surface area (Å²) < 4.78 is 0. The summed E-state index contributed by atoms with van der Waals surface area (Å²) in [5.74, 6) is 0. The Kier molecular flexibility index (Phi) is 3.02. The number of nitrogens with zero attached hydrogens (tertiary/aromatic N) is 2. The molecule has 19 heavy (non-hydrogen) atoms. The Labute approximate surface area is 112 Å². The number of rotatable bonds is 2. The number of hydrogen-bond donors (Lipinski definition) is 1. The van der Waals surface area contributed by atoms with Crippen LogP contribution in [0.15, 0.2) is 77.5 Å². The van der Waals surface area contributed by atoms with Gasteiger partial charge in [-0.25, -0.2) is 0 Å². The van der Waals surface area contributed by atoms with Gasteiger partial charge in [0.2, 0.25) is 0 Å². The van der Waals surface area contributed by atoms with E-state index < -0.39 is 0 Å². The molecule has 0 atom stereocenters.